The number of carbonyl (C=O) groups excluding carboxylic acids is 1. The monoisotopic (exact) mass is 290 g/mol. The lowest BCUT2D eigenvalue weighted by Gasteiger charge is -2.24. The number of carbonyl (C=O) groups is 1. The molecule has 1 atom stereocenters. The van der Waals surface area contributed by atoms with Crippen LogP contribution in [0.25, 0.3) is 0 Å². The molecule has 2 aromatic carbocycles. The normalized spacial score (nSPS) is 12.4. The van der Waals surface area contributed by atoms with Crippen molar-refractivity contribution in [2.45, 2.75) is 11.8 Å². The summed E-state index contributed by atoms with van der Waals surface area (Å²) in [5.41, 5.74) is 0.633. The molecule has 22 heavy (non-hydrogen) atoms. The van der Waals surface area contributed by atoms with E-state index in [0.29, 0.717) is 6.42 Å². The second-order valence-corrected chi connectivity index (χ2v) is 4.87. The molecule has 0 aromatic heterocycles. The number of esters is 1. The van der Waals surface area contributed by atoms with Crippen molar-refractivity contribution in [2.75, 3.05) is 7.11 Å². The number of hydrogen-bond acceptors (Lipinski definition) is 2. The van der Waals surface area contributed by atoms with E-state index in [4.69, 9.17) is 4.74 Å². The van der Waals surface area contributed by atoms with Crippen LogP contribution in [0.1, 0.15) is 17.5 Å². The Morgan fingerprint density at radius 1 is 1.14 bits per heavy atom. The van der Waals surface area contributed by atoms with E-state index in [9.17, 15) is 4.79 Å². The van der Waals surface area contributed by atoms with Crippen molar-refractivity contribution in [2.24, 2.45) is 0 Å². The first-order chi connectivity index (χ1) is 10.7. The number of ether oxygens (including phenoxy) is 1. The van der Waals surface area contributed by atoms with Gasteiger partial charge >= 0.3 is 5.97 Å². The van der Waals surface area contributed by atoms with Crippen molar-refractivity contribution < 1.29 is 9.53 Å². The van der Waals surface area contributed by atoms with E-state index in [1.165, 1.54) is 7.11 Å². The molecule has 0 N–H and O–H groups in total. The molecule has 0 saturated carbocycles. The number of methoxy groups -OCH3 is 1. The fourth-order valence-electron chi connectivity index (χ4n) is 2.31. The van der Waals surface area contributed by atoms with Gasteiger partial charge in [-0.15, -0.1) is 6.58 Å². The minimum Gasteiger partial charge on any atom is -0.468 e. The Morgan fingerprint density at radius 2 is 1.73 bits per heavy atom. The van der Waals surface area contributed by atoms with Crippen molar-refractivity contribution >= 4 is 5.97 Å². The van der Waals surface area contributed by atoms with Crippen LogP contribution in [-0.2, 0) is 14.9 Å². The minimum absolute atomic E-state index is 0.373. The zero-order valence-corrected chi connectivity index (χ0v) is 12.6. The lowest BCUT2D eigenvalue weighted by molar-refractivity contribution is -0.145. The number of allylic oxidation sites excluding steroid dienone is 1. The molecule has 2 aromatic rings. The maximum atomic E-state index is 12.5. The molecule has 110 valence electrons. The van der Waals surface area contributed by atoms with Gasteiger partial charge in [0.25, 0.3) is 0 Å². The summed E-state index contributed by atoms with van der Waals surface area (Å²) in [5, 5.41) is 0. The molecule has 0 heterocycles. The first-order valence-electron chi connectivity index (χ1n) is 7.06. The Labute approximate surface area is 131 Å². The zero-order valence-electron chi connectivity index (χ0n) is 12.6. The van der Waals surface area contributed by atoms with E-state index in [1.54, 1.807) is 6.08 Å². The largest absolute Gasteiger partial charge is 0.468 e. The van der Waals surface area contributed by atoms with E-state index in [1.807, 2.05) is 60.7 Å². The van der Waals surface area contributed by atoms with Gasteiger partial charge in [-0.25, -0.2) is 0 Å². The van der Waals surface area contributed by atoms with Gasteiger partial charge in [0.2, 0.25) is 0 Å². The van der Waals surface area contributed by atoms with Crippen LogP contribution < -0.4 is 0 Å². The number of benzene rings is 2. The molecule has 0 aliphatic heterocycles. The molecular weight excluding hydrogens is 272 g/mol. The predicted octanol–water partition coefficient (Wildman–Crippen LogP) is 3.73. The van der Waals surface area contributed by atoms with Gasteiger partial charge in [0.1, 0.15) is 0 Å². The first-order valence-corrected chi connectivity index (χ1v) is 7.06. The van der Waals surface area contributed by atoms with Gasteiger partial charge in [-0.2, -0.15) is 0 Å². The molecule has 0 aliphatic carbocycles. The van der Waals surface area contributed by atoms with Crippen LogP contribution in [0, 0.1) is 11.8 Å². The van der Waals surface area contributed by atoms with Crippen molar-refractivity contribution in [3.63, 3.8) is 0 Å². The van der Waals surface area contributed by atoms with Crippen molar-refractivity contribution in [3.8, 4) is 11.8 Å². The Balaban J connectivity index is 2.56. The molecule has 2 nitrogen and oxygen atoms in total. The maximum Gasteiger partial charge on any atom is 0.328 e. The molecule has 0 bridgehead atoms. The third-order valence-corrected chi connectivity index (χ3v) is 3.44. The summed E-state index contributed by atoms with van der Waals surface area (Å²) in [5.74, 6) is 5.83. The Bertz CT molecular complexity index is 693. The summed E-state index contributed by atoms with van der Waals surface area (Å²) in [6.07, 6.45) is 2.09. The van der Waals surface area contributed by atoms with E-state index < -0.39 is 5.41 Å². The first kappa shape index (κ1) is 15.6. The Kier molecular flexibility index (Phi) is 5.16. The molecule has 0 saturated heterocycles. The zero-order chi connectivity index (χ0) is 15.8. The van der Waals surface area contributed by atoms with Gasteiger partial charge in [0.05, 0.1) is 7.11 Å². The molecule has 0 amide bonds. The number of rotatable bonds is 4. The van der Waals surface area contributed by atoms with Gasteiger partial charge in [0.15, 0.2) is 5.41 Å². The van der Waals surface area contributed by atoms with Crippen LogP contribution >= 0.6 is 0 Å². The third-order valence-electron chi connectivity index (χ3n) is 3.44. The second-order valence-electron chi connectivity index (χ2n) is 4.87. The van der Waals surface area contributed by atoms with Crippen LogP contribution in [0.5, 0.6) is 0 Å². The van der Waals surface area contributed by atoms with Crippen molar-refractivity contribution in [1.82, 2.24) is 0 Å². The van der Waals surface area contributed by atoms with Crippen LogP contribution in [-0.4, -0.2) is 13.1 Å². The van der Waals surface area contributed by atoms with Gasteiger partial charge in [-0.05, 0) is 24.1 Å². The van der Waals surface area contributed by atoms with E-state index in [0.717, 1.165) is 11.1 Å². The fourth-order valence-corrected chi connectivity index (χ4v) is 2.31. The van der Waals surface area contributed by atoms with Crippen LogP contribution in [0.2, 0.25) is 0 Å². The van der Waals surface area contributed by atoms with E-state index >= 15 is 0 Å². The molecule has 0 aliphatic rings. The average Bonchev–Trinajstić information content (AvgIpc) is 2.59. The Morgan fingerprint density at radius 3 is 2.27 bits per heavy atom. The summed E-state index contributed by atoms with van der Waals surface area (Å²) < 4.78 is 5.02. The Hall–Kier alpha value is -2.79. The standard InChI is InChI=1S/C20H18O2/c1-3-15-20(19(21)22-2,18-12-8-5-9-13-18)16-14-17-10-6-4-7-11-17/h3-13H,1,15H2,2H3. The molecule has 1 unspecified atom stereocenters. The molecule has 2 heteroatoms. The molecule has 2 rings (SSSR count). The smallest absolute Gasteiger partial charge is 0.328 e. The van der Waals surface area contributed by atoms with Crippen LogP contribution in [0.3, 0.4) is 0 Å². The second kappa shape index (κ2) is 7.28. The maximum absolute atomic E-state index is 12.5. The summed E-state index contributed by atoms with van der Waals surface area (Å²) >= 11 is 0. The van der Waals surface area contributed by atoms with E-state index in [2.05, 4.69) is 18.4 Å². The SMILES string of the molecule is C=CCC(C#Cc1ccccc1)(C(=O)OC)c1ccccc1. The predicted molar refractivity (Wildman–Crippen MR) is 88.3 cm³/mol. The molecule has 0 fully saturated rings. The highest BCUT2D eigenvalue weighted by molar-refractivity contribution is 5.87. The van der Waals surface area contributed by atoms with Crippen LogP contribution in [0.15, 0.2) is 73.3 Å². The lowest BCUT2D eigenvalue weighted by Crippen LogP contribution is -2.35. The average molecular weight is 290 g/mol. The summed E-state index contributed by atoms with van der Waals surface area (Å²) in [6.45, 7) is 3.77. The van der Waals surface area contributed by atoms with Crippen molar-refractivity contribution in [1.29, 1.82) is 0 Å². The number of hydrogen-bond donors (Lipinski definition) is 0. The fraction of sp³-hybridized carbons (Fsp3) is 0.150. The van der Waals surface area contributed by atoms with Crippen molar-refractivity contribution in [3.05, 3.63) is 84.4 Å². The highest BCUT2D eigenvalue weighted by Gasteiger charge is 2.38. The van der Waals surface area contributed by atoms with Gasteiger partial charge in [-0.3, -0.25) is 4.79 Å². The third kappa shape index (κ3) is 3.27. The minimum atomic E-state index is -1.03. The highest BCUT2D eigenvalue weighted by atomic mass is 16.5. The van der Waals surface area contributed by atoms with Gasteiger partial charge in [0, 0.05) is 5.56 Å². The summed E-state index contributed by atoms with van der Waals surface area (Å²) in [7, 11) is 1.38. The van der Waals surface area contributed by atoms with Gasteiger partial charge < -0.3 is 4.74 Å². The lowest BCUT2D eigenvalue weighted by atomic mass is 9.78. The summed E-state index contributed by atoms with van der Waals surface area (Å²) in [6, 6.07) is 19.0. The topological polar surface area (TPSA) is 26.3 Å². The molecule has 0 radical (unpaired) electrons. The van der Waals surface area contributed by atoms with E-state index in [-0.39, 0.29) is 5.97 Å². The molecule has 0 spiro atoms. The quantitative estimate of drug-likeness (QED) is 0.487. The highest BCUT2D eigenvalue weighted by Crippen LogP contribution is 2.29. The van der Waals surface area contributed by atoms with Crippen LogP contribution in [0.4, 0.5) is 0 Å². The van der Waals surface area contributed by atoms with Gasteiger partial charge in [-0.1, -0.05) is 66.4 Å². The molecular formula is C20H18O2. The summed E-state index contributed by atoms with van der Waals surface area (Å²) in [4.78, 5) is 12.5.